The lowest BCUT2D eigenvalue weighted by atomic mass is 9.95. The van der Waals surface area contributed by atoms with Crippen LogP contribution in [-0.2, 0) is 47.4 Å². The van der Waals surface area contributed by atoms with Gasteiger partial charge in [0.2, 0.25) is 0 Å². The second-order valence-corrected chi connectivity index (χ2v) is 22.4. The summed E-state index contributed by atoms with van der Waals surface area (Å²) in [5, 5.41) is 6.40. The number of hydrogen-bond donors (Lipinski definition) is 2. The third kappa shape index (κ3) is 15.7. The summed E-state index contributed by atoms with van der Waals surface area (Å²) < 4.78 is 65.6. The predicted molar refractivity (Wildman–Crippen MR) is 338 cm³/mol. The highest BCUT2D eigenvalue weighted by Gasteiger charge is 2.58. The molecule has 0 unspecified atom stereocenters. The number of rotatable bonds is 20. The summed E-state index contributed by atoms with van der Waals surface area (Å²) in [6, 6.07) is 60.6. The SMILES string of the molecule is Cc1ccc2sc(NC(=S)N[C@@H]3O[C@H](COC(=O)c4ccccc4)[C@@H](O[C@H]4O[C@H](COC(=O)c5ccccc5)[C@@H](OC(=O)c5ccccc5)[C@H](OC(=O)c5ccccc5)[C@H]4OC(=O)c4ccccc4)[C@H](OC(=O)c4ccccc4)[C@H]3OC(=O)c3ccccc3)nc2c1. The van der Waals surface area contributed by atoms with Crippen molar-refractivity contribution in [1.29, 1.82) is 0 Å². The molecule has 0 bridgehead atoms. The van der Waals surface area contributed by atoms with E-state index >= 15 is 0 Å². The molecule has 20 nitrogen and oxygen atoms in total. The highest BCUT2D eigenvalue weighted by Crippen LogP contribution is 2.37. The van der Waals surface area contributed by atoms with Gasteiger partial charge in [-0.05, 0) is 122 Å². The molecule has 0 radical (unpaired) electrons. The molecule has 11 rings (SSSR count). The van der Waals surface area contributed by atoms with Crippen LogP contribution >= 0.6 is 23.6 Å². The Balaban J connectivity index is 1.06. The van der Waals surface area contributed by atoms with Crippen molar-refractivity contribution >= 4 is 85.8 Å². The van der Waals surface area contributed by atoms with E-state index in [1.54, 1.807) is 127 Å². The number of fused-ring (bicyclic) bond motifs is 1. The van der Waals surface area contributed by atoms with Crippen LogP contribution in [0.4, 0.5) is 5.13 Å². The number of benzene rings is 8. The van der Waals surface area contributed by atoms with Crippen LogP contribution in [0.15, 0.2) is 231 Å². The molecule has 10 atom stereocenters. The number of carbonyl (C=O) groups excluding carboxylic acids is 7. The zero-order chi connectivity index (χ0) is 63.9. The Morgan fingerprint density at radius 1 is 0.424 bits per heavy atom. The van der Waals surface area contributed by atoms with Gasteiger partial charge in [-0.3, -0.25) is 0 Å². The van der Waals surface area contributed by atoms with Gasteiger partial charge in [0.25, 0.3) is 0 Å². The first-order valence-corrected chi connectivity index (χ1v) is 30.2. The molecule has 22 heteroatoms. The average Bonchev–Trinajstić information content (AvgIpc) is 0.925. The second-order valence-electron chi connectivity index (χ2n) is 20.9. The molecule has 2 fully saturated rings. The van der Waals surface area contributed by atoms with E-state index in [-0.39, 0.29) is 44.1 Å². The molecule has 0 spiro atoms. The molecule has 3 heterocycles. The summed E-state index contributed by atoms with van der Waals surface area (Å²) in [6.45, 7) is 0.447. The van der Waals surface area contributed by atoms with Crippen LogP contribution in [0.25, 0.3) is 10.2 Å². The quantitative estimate of drug-likeness (QED) is 0.0409. The van der Waals surface area contributed by atoms with E-state index in [1.807, 2.05) is 25.1 Å². The van der Waals surface area contributed by atoms with E-state index in [1.165, 1.54) is 96.3 Å². The van der Waals surface area contributed by atoms with E-state index in [0.29, 0.717) is 10.6 Å². The van der Waals surface area contributed by atoms with E-state index in [9.17, 15) is 33.6 Å². The van der Waals surface area contributed by atoms with Crippen molar-refractivity contribution in [2.24, 2.45) is 0 Å². The van der Waals surface area contributed by atoms with Gasteiger partial charge in [-0.15, -0.1) is 0 Å². The number of aryl methyl sites for hydroxylation is 1. The number of carbonyl (C=O) groups is 7. The molecule has 9 aromatic rings. The van der Waals surface area contributed by atoms with E-state index < -0.39 is 116 Å². The van der Waals surface area contributed by atoms with Crippen molar-refractivity contribution in [3.8, 4) is 0 Å². The Kier molecular flexibility index (Phi) is 20.5. The molecule has 466 valence electrons. The van der Waals surface area contributed by atoms with E-state index in [4.69, 9.17) is 64.6 Å². The fraction of sp³-hybridized carbons (Fsp3) is 0.186. The van der Waals surface area contributed by atoms with Crippen molar-refractivity contribution in [3.63, 3.8) is 0 Å². The maximum atomic E-state index is 14.9. The zero-order valence-corrected chi connectivity index (χ0v) is 50.5. The number of thiazole rings is 1. The molecule has 92 heavy (non-hydrogen) atoms. The van der Waals surface area contributed by atoms with Gasteiger partial charge in [-0.2, -0.15) is 0 Å². The molecule has 2 aliphatic rings. The predicted octanol–water partition coefficient (Wildman–Crippen LogP) is 10.6. The van der Waals surface area contributed by atoms with Crippen LogP contribution < -0.4 is 10.6 Å². The highest BCUT2D eigenvalue weighted by atomic mass is 32.1. The maximum Gasteiger partial charge on any atom is 0.338 e. The number of esters is 7. The lowest BCUT2D eigenvalue weighted by Gasteiger charge is -2.49. The van der Waals surface area contributed by atoms with Gasteiger partial charge in [-0.25, -0.2) is 38.5 Å². The number of ether oxygens (including phenoxy) is 10. The normalized spacial score (nSPS) is 20.8. The van der Waals surface area contributed by atoms with E-state index in [2.05, 4.69) is 10.6 Å². The van der Waals surface area contributed by atoms with Gasteiger partial charge in [0.15, 0.2) is 53.3 Å². The molecule has 2 saturated heterocycles. The number of hydrogen-bond acceptors (Lipinski definition) is 20. The van der Waals surface area contributed by atoms with Crippen molar-refractivity contribution in [2.45, 2.75) is 68.3 Å². The standard InChI is InChI=1S/C70H57N3O17S2/c1-42-37-38-53-50(39-42)71-70(92-53)73-69(91)72-60-58(88-66(79)48-33-19-7-20-34-48)56(86-64(77)46-29-15-5-16-30-46)55(51(83-60)40-81-61(74)43-23-9-2-10-24-43)90-68-59(89-67(80)49-35-21-8-22-36-49)57(87-65(78)47-31-17-6-18-32-47)54(85-63(76)45-27-13-4-14-28-45)52(84-68)41-82-62(75)44-25-11-3-12-26-44/h2-39,51-52,54-60,68H,40-41H2,1H3,(H2,71,72,73,91)/t51-,52-,54-,55-,56+,57+,58-,59-,60-,68-/m1/s1. The Labute approximate surface area is 536 Å². The van der Waals surface area contributed by atoms with Gasteiger partial charge in [0.1, 0.15) is 31.5 Å². The van der Waals surface area contributed by atoms with Crippen LogP contribution in [0.3, 0.4) is 0 Å². The minimum atomic E-state index is -2.09. The smallest absolute Gasteiger partial charge is 0.338 e. The minimum Gasteiger partial charge on any atom is -0.459 e. The minimum absolute atomic E-state index is 0.00547. The number of nitrogens with one attached hydrogen (secondary N) is 2. The van der Waals surface area contributed by atoms with Gasteiger partial charge in [0, 0.05) is 0 Å². The summed E-state index contributed by atoms with van der Waals surface area (Å²) in [6.07, 6.45) is -18.4. The molecule has 8 aromatic carbocycles. The van der Waals surface area contributed by atoms with Gasteiger partial charge < -0.3 is 58.0 Å². The van der Waals surface area contributed by atoms with Crippen LogP contribution in [0.5, 0.6) is 0 Å². The molecule has 0 aliphatic carbocycles. The Hall–Kier alpha value is -10.5. The number of thiocarbonyl (C=S) groups is 1. The molecule has 0 saturated carbocycles. The zero-order valence-electron chi connectivity index (χ0n) is 48.8. The molecular formula is C70H57N3O17S2. The first kappa shape index (κ1) is 63.1. The summed E-state index contributed by atoms with van der Waals surface area (Å²) >= 11 is 7.23. The number of aromatic nitrogens is 1. The van der Waals surface area contributed by atoms with Gasteiger partial charge in [-0.1, -0.05) is 145 Å². The summed E-state index contributed by atoms with van der Waals surface area (Å²) in [4.78, 5) is 106. The Bertz CT molecular complexity index is 4040. The average molecular weight is 1280 g/mol. The lowest BCUT2D eigenvalue weighted by molar-refractivity contribution is -0.339. The van der Waals surface area contributed by atoms with Gasteiger partial charge >= 0.3 is 41.8 Å². The Morgan fingerprint density at radius 3 is 1.18 bits per heavy atom. The van der Waals surface area contributed by atoms with Crippen molar-refractivity contribution < 1.29 is 80.9 Å². The monoisotopic (exact) mass is 1280 g/mol. The topological polar surface area (TPSA) is 249 Å². The Morgan fingerprint density at radius 2 is 0.772 bits per heavy atom. The molecule has 2 aliphatic heterocycles. The molecule has 2 N–H and O–H groups in total. The fourth-order valence-corrected chi connectivity index (χ4v) is 11.2. The molecular weight excluding hydrogens is 1220 g/mol. The molecule has 1 aromatic heterocycles. The van der Waals surface area contributed by atoms with Crippen molar-refractivity contribution in [2.75, 3.05) is 18.5 Å². The van der Waals surface area contributed by atoms with Crippen molar-refractivity contribution in [1.82, 2.24) is 10.3 Å². The third-order valence-electron chi connectivity index (χ3n) is 14.6. The summed E-state index contributed by atoms with van der Waals surface area (Å²) in [7, 11) is 0. The first-order chi connectivity index (χ1) is 44.8. The van der Waals surface area contributed by atoms with Gasteiger partial charge in [0.05, 0.1) is 49.2 Å². The van der Waals surface area contributed by atoms with Crippen LogP contribution in [0, 0.1) is 6.92 Å². The second kappa shape index (κ2) is 29.9. The number of nitrogens with zero attached hydrogens (tertiary/aromatic N) is 1. The highest BCUT2D eigenvalue weighted by molar-refractivity contribution is 7.80. The molecule has 0 amide bonds. The third-order valence-corrected chi connectivity index (χ3v) is 15.8. The number of anilines is 1. The summed E-state index contributed by atoms with van der Waals surface area (Å²) in [5.74, 6) is -6.62. The van der Waals surface area contributed by atoms with Crippen molar-refractivity contribution in [3.05, 3.63) is 275 Å². The van der Waals surface area contributed by atoms with Crippen LogP contribution in [0.1, 0.15) is 78.1 Å². The van der Waals surface area contributed by atoms with Crippen LogP contribution in [0.2, 0.25) is 0 Å². The summed E-state index contributed by atoms with van der Waals surface area (Å²) in [5.41, 5.74) is 2.01. The first-order valence-electron chi connectivity index (χ1n) is 29.0. The van der Waals surface area contributed by atoms with E-state index in [0.717, 1.165) is 10.3 Å². The maximum absolute atomic E-state index is 14.9. The fourth-order valence-electron chi connectivity index (χ4n) is 10.1. The largest absolute Gasteiger partial charge is 0.459 e. The van der Waals surface area contributed by atoms with Crippen LogP contribution in [-0.4, -0.2) is 126 Å². The lowest BCUT2D eigenvalue weighted by Crippen LogP contribution is -2.69.